The highest BCUT2D eigenvalue weighted by Gasteiger charge is 2.02. The number of aromatic hydroxyl groups is 1. The van der Waals surface area contributed by atoms with Gasteiger partial charge in [0.15, 0.2) is 0 Å². The summed E-state index contributed by atoms with van der Waals surface area (Å²) in [4.78, 5) is 2.27. The van der Waals surface area contributed by atoms with Gasteiger partial charge in [-0.25, -0.2) is 0 Å². The summed E-state index contributed by atoms with van der Waals surface area (Å²) in [6.07, 6.45) is 0. The Bertz CT molecular complexity index is 269. The Morgan fingerprint density at radius 3 is 1.88 bits per heavy atom. The number of aryl methyl sites for hydroxylation is 2. The van der Waals surface area contributed by atoms with Gasteiger partial charge in [0.2, 0.25) is 0 Å². The van der Waals surface area contributed by atoms with Crippen molar-refractivity contribution in [2.24, 2.45) is 0 Å². The molecule has 1 fully saturated rings. The summed E-state index contributed by atoms with van der Waals surface area (Å²) < 4.78 is 5.10. The quantitative estimate of drug-likeness (QED) is 0.729. The fourth-order valence-electron chi connectivity index (χ4n) is 1.61. The van der Waals surface area contributed by atoms with Crippen molar-refractivity contribution in [1.82, 2.24) is 4.90 Å². The highest BCUT2D eigenvalue weighted by molar-refractivity contribution is 5.31. The molecule has 0 atom stereocenters. The predicted octanol–water partition coefficient (Wildman–Crippen LogP) is 1.96. The van der Waals surface area contributed by atoms with Crippen molar-refractivity contribution in [2.75, 3.05) is 33.4 Å². The minimum atomic E-state index is 0.354. The molecule has 0 saturated carbocycles. The summed E-state index contributed by atoms with van der Waals surface area (Å²) >= 11 is 0. The average Bonchev–Trinajstić information content (AvgIpc) is 2.17. The van der Waals surface area contributed by atoms with E-state index in [-0.39, 0.29) is 0 Å². The van der Waals surface area contributed by atoms with E-state index in [1.54, 1.807) is 12.1 Å². The molecule has 2 rings (SSSR count). The number of nitrogens with zero attached hydrogens (tertiary/aromatic N) is 1. The predicted molar refractivity (Wildman–Crippen MR) is 65.9 cm³/mol. The van der Waals surface area contributed by atoms with Crippen molar-refractivity contribution >= 4 is 0 Å². The molecule has 1 heterocycles. The number of morpholine rings is 1. The van der Waals surface area contributed by atoms with E-state index < -0.39 is 0 Å². The molecule has 1 aliphatic rings. The summed E-state index contributed by atoms with van der Waals surface area (Å²) in [6.45, 7) is 7.95. The van der Waals surface area contributed by atoms with E-state index in [9.17, 15) is 0 Å². The van der Waals surface area contributed by atoms with Crippen LogP contribution in [0.4, 0.5) is 0 Å². The average molecular weight is 223 g/mol. The minimum Gasteiger partial charge on any atom is -0.508 e. The Kier molecular flexibility index (Phi) is 5.29. The highest BCUT2D eigenvalue weighted by Crippen LogP contribution is 2.13. The van der Waals surface area contributed by atoms with E-state index >= 15 is 0 Å². The van der Waals surface area contributed by atoms with Crippen molar-refractivity contribution in [3.8, 4) is 5.75 Å². The van der Waals surface area contributed by atoms with Crippen molar-refractivity contribution in [3.05, 3.63) is 29.3 Å². The van der Waals surface area contributed by atoms with Crippen LogP contribution in [-0.4, -0.2) is 43.4 Å². The summed E-state index contributed by atoms with van der Waals surface area (Å²) in [5.74, 6) is 0.354. The van der Waals surface area contributed by atoms with E-state index in [4.69, 9.17) is 9.84 Å². The zero-order chi connectivity index (χ0) is 12.0. The number of likely N-dealkylation sites (N-methyl/N-ethyl adjacent to an activating group) is 1. The molecule has 1 N–H and O–H groups in total. The van der Waals surface area contributed by atoms with Gasteiger partial charge >= 0.3 is 0 Å². The number of hydrogen-bond donors (Lipinski definition) is 1. The van der Waals surface area contributed by atoms with Crippen molar-refractivity contribution in [1.29, 1.82) is 0 Å². The lowest BCUT2D eigenvalue weighted by molar-refractivity contribution is 0.0503. The molecule has 0 radical (unpaired) electrons. The van der Waals surface area contributed by atoms with Gasteiger partial charge < -0.3 is 14.7 Å². The second-order valence-corrected chi connectivity index (χ2v) is 4.26. The molecule has 0 unspecified atom stereocenters. The van der Waals surface area contributed by atoms with Crippen LogP contribution in [0, 0.1) is 13.8 Å². The Morgan fingerprint density at radius 2 is 1.56 bits per heavy atom. The van der Waals surface area contributed by atoms with Gasteiger partial charge in [-0.15, -0.1) is 0 Å². The first-order valence-electron chi connectivity index (χ1n) is 5.61. The number of ether oxygens (including phenoxy) is 1. The van der Waals surface area contributed by atoms with Crippen LogP contribution in [0.1, 0.15) is 11.1 Å². The molecule has 3 heteroatoms. The monoisotopic (exact) mass is 223 g/mol. The number of phenols is 1. The van der Waals surface area contributed by atoms with Crippen molar-refractivity contribution in [3.63, 3.8) is 0 Å². The van der Waals surface area contributed by atoms with E-state index in [1.165, 1.54) is 0 Å². The molecule has 0 aromatic heterocycles. The summed E-state index contributed by atoms with van der Waals surface area (Å²) in [7, 11) is 2.11. The lowest BCUT2D eigenvalue weighted by Gasteiger charge is -2.21. The Balaban J connectivity index is 0.000000165. The molecule has 1 aromatic carbocycles. The fraction of sp³-hybridized carbons (Fsp3) is 0.538. The molecule has 1 saturated heterocycles. The van der Waals surface area contributed by atoms with Crippen LogP contribution in [0.5, 0.6) is 5.75 Å². The van der Waals surface area contributed by atoms with Crippen molar-refractivity contribution in [2.45, 2.75) is 13.8 Å². The largest absolute Gasteiger partial charge is 0.508 e. The van der Waals surface area contributed by atoms with Crippen LogP contribution in [0.2, 0.25) is 0 Å². The van der Waals surface area contributed by atoms with Crippen LogP contribution < -0.4 is 0 Å². The number of benzene rings is 1. The van der Waals surface area contributed by atoms with E-state index in [2.05, 4.69) is 11.9 Å². The van der Waals surface area contributed by atoms with Crippen LogP contribution in [0.3, 0.4) is 0 Å². The van der Waals surface area contributed by atoms with E-state index in [1.807, 2.05) is 19.9 Å². The molecule has 0 spiro atoms. The molecule has 3 nitrogen and oxygen atoms in total. The third-order valence-corrected chi connectivity index (χ3v) is 2.44. The molecule has 90 valence electrons. The van der Waals surface area contributed by atoms with Gasteiger partial charge in [-0.1, -0.05) is 6.07 Å². The normalized spacial score (nSPS) is 16.4. The van der Waals surface area contributed by atoms with Crippen LogP contribution in [-0.2, 0) is 4.74 Å². The summed E-state index contributed by atoms with van der Waals surface area (Å²) in [6, 6.07) is 5.51. The maximum atomic E-state index is 8.99. The molecule has 1 aromatic rings. The molecular formula is C13H21NO2. The lowest BCUT2D eigenvalue weighted by atomic mass is 10.1. The SMILES string of the molecule is CN1CCOCC1.Cc1cc(C)cc(O)c1. The summed E-state index contributed by atoms with van der Waals surface area (Å²) in [5, 5.41) is 8.99. The topological polar surface area (TPSA) is 32.7 Å². The smallest absolute Gasteiger partial charge is 0.116 e. The number of phenolic OH excluding ortho intramolecular Hbond substituents is 1. The van der Waals surface area contributed by atoms with Gasteiger partial charge in [0.25, 0.3) is 0 Å². The fourth-order valence-corrected chi connectivity index (χ4v) is 1.61. The maximum absolute atomic E-state index is 8.99. The first-order valence-corrected chi connectivity index (χ1v) is 5.61. The van der Waals surface area contributed by atoms with Crippen LogP contribution in [0.15, 0.2) is 18.2 Å². The first kappa shape index (κ1) is 13.0. The maximum Gasteiger partial charge on any atom is 0.116 e. The van der Waals surface area contributed by atoms with Gasteiger partial charge in [0.1, 0.15) is 5.75 Å². The first-order chi connectivity index (χ1) is 7.58. The third kappa shape index (κ3) is 5.14. The Labute approximate surface area is 97.7 Å². The van der Waals surface area contributed by atoms with Gasteiger partial charge in [-0.2, -0.15) is 0 Å². The van der Waals surface area contributed by atoms with E-state index in [0.29, 0.717) is 5.75 Å². The second-order valence-electron chi connectivity index (χ2n) is 4.26. The molecular weight excluding hydrogens is 202 g/mol. The molecule has 0 aliphatic carbocycles. The highest BCUT2D eigenvalue weighted by atomic mass is 16.5. The molecule has 0 amide bonds. The summed E-state index contributed by atoms with van der Waals surface area (Å²) in [5.41, 5.74) is 2.21. The zero-order valence-electron chi connectivity index (χ0n) is 10.4. The van der Waals surface area contributed by atoms with Crippen molar-refractivity contribution < 1.29 is 9.84 Å². The molecule has 0 bridgehead atoms. The Hall–Kier alpha value is -1.06. The third-order valence-electron chi connectivity index (χ3n) is 2.44. The second kappa shape index (κ2) is 6.51. The Morgan fingerprint density at radius 1 is 1.06 bits per heavy atom. The van der Waals surface area contributed by atoms with Gasteiger partial charge in [0.05, 0.1) is 13.2 Å². The zero-order valence-corrected chi connectivity index (χ0v) is 10.4. The molecule has 16 heavy (non-hydrogen) atoms. The van der Waals surface area contributed by atoms with Gasteiger partial charge in [-0.3, -0.25) is 0 Å². The lowest BCUT2D eigenvalue weighted by Crippen LogP contribution is -2.32. The molecule has 1 aliphatic heterocycles. The number of rotatable bonds is 0. The van der Waals surface area contributed by atoms with Gasteiger partial charge in [0, 0.05) is 13.1 Å². The standard InChI is InChI=1S/C8H10O.C5H11NO/c1-6-3-7(2)5-8(9)4-6;1-6-2-4-7-5-3-6/h3-5,9H,1-2H3;2-5H2,1H3. The van der Waals surface area contributed by atoms with Crippen LogP contribution >= 0.6 is 0 Å². The number of hydrogen-bond acceptors (Lipinski definition) is 3. The van der Waals surface area contributed by atoms with E-state index in [0.717, 1.165) is 37.4 Å². The van der Waals surface area contributed by atoms with Crippen LogP contribution in [0.25, 0.3) is 0 Å². The minimum absolute atomic E-state index is 0.354. The van der Waals surface area contributed by atoms with Gasteiger partial charge in [-0.05, 0) is 44.2 Å².